The third kappa shape index (κ3) is 4.60. The average molecular weight is 571 g/mol. The van der Waals surface area contributed by atoms with Gasteiger partial charge in [0.05, 0.1) is 11.6 Å². The molecule has 11 heteroatoms. The minimum Gasteiger partial charge on any atom is -0.508 e. The van der Waals surface area contributed by atoms with E-state index < -0.39 is 58.0 Å². The summed E-state index contributed by atoms with van der Waals surface area (Å²) in [6.07, 6.45) is 0.285. The monoisotopic (exact) mass is 570 g/mol. The lowest BCUT2D eigenvalue weighted by atomic mass is 9.57. The molecule has 4 rings (SSSR count). The van der Waals surface area contributed by atoms with Gasteiger partial charge in [0.15, 0.2) is 11.4 Å². The molecule has 1 saturated carbocycles. The van der Waals surface area contributed by atoms with Crippen molar-refractivity contribution in [3.8, 4) is 5.75 Å². The first-order valence-electron chi connectivity index (χ1n) is 13.8. The second kappa shape index (κ2) is 10.1. The highest BCUT2D eigenvalue weighted by atomic mass is 16.3. The maximum atomic E-state index is 14.1. The molecule has 3 aliphatic rings. The van der Waals surface area contributed by atoms with Crippen LogP contribution in [0.3, 0.4) is 0 Å². The topological polar surface area (TPSA) is 177 Å². The number of carbonyl (C=O) groups excluding carboxylic acids is 3. The number of nitrogens with one attached hydrogen (secondary N) is 1. The highest BCUT2D eigenvalue weighted by Gasteiger charge is 2.64. The molecule has 1 unspecified atom stereocenters. The van der Waals surface area contributed by atoms with E-state index in [9.17, 15) is 34.8 Å². The van der Waals surface area contributed by atoms with E-state index in [0.29, 0.717) is 17.7 Å². The number of aliphatic hydroxyl groups is 3. The molecule has 224 valence electrons. The Balaban J connectivity index is 1.92. The van der Waals surface area contributed by atoms with E-state index in [1.165, 1.54) is 4.90 Å². The molecule has 1 aromatic carbocycles. The lowest BCUT2D eigenvalue weighted by molar-refractivity contribution is -0.153. The first kappa shape index (κ1) is 30.5. The van der Waals surface area contributed by atoms with E-state index in [0.717, 1.165) is 5.69 Å². The smallest absolute Gasteiger partial charge is 0.255 e. The molecule has 0 saturated heterocycles. The second-order valence-electron chi connectivity index (χ2n) is 13.1. The number of ketones is 2. The molecule has 5 atom stereocenters. The van der Waals surface area contributed by atoms with Crippen LogP contribution in [0.5, 0.6) is 5.75 Å². The highest BCUT2D eigenvalue weighted by Crippen LogP contribution is 2.54. The Morgan fingerprint density at radius 3 is 2.29 bits per heavy atom. The number of likely N-dealkylation sites (N-methyl/N-ethyl adjacent to an activating group) is 1. The molecule has 0 aliphatic heterocycles. The number of aromatic hydroxyl groups is 1. The number of anilines is 1. The number of hydrogen-bond donors (Lipinski definition) is 6. The Labute approximate surface area is 240 Å². The summed E-state index contributed by atoms with van der Waals surface area (Å²) in [4.78, 5) is 42.9. The molecule has 3 aliphatic carbocycles. The number of nitrogens with two attached hydrogens (primary N) is 1. The number of benzene rings is 1. The van der Waals surface area contributed by atoms with Gasteiger partial charge >= 0.3 is 0 Å². The van der Waals surface area contributed by atoms with Crippen LogP contribution in [0.2, 0.25) is 0 Å². The van der Waals surface area contributed by atoms with Gasteiger partial charge in [-0.25, -0.2) is 0 Å². The summed E-state index contributed by atoms with van der Waals surface area (Å²) in [6, 6.07) is 0.833. The molecule has 0 aromatic heterocycles. The van der Waals surface area contributed by atoms with Gasteiger partial charge in [-0.15, -0.1) is 0 Å². The van der Waals surface area contributed by atoms with E-state index in [-0.39, 0.29) is 41.2 Å². The fourth-order valence-corrected chi connectivity index (χ4v) is 6.45. The van der Waals surface area contributed by atoms with Crippen molar-refractivity contribution in [3.63, 3.8) is 0 Å². The van der Waals surface area contributed by atoms with Crippen molar-refractivity contribution in [2.75, 3.05) is 33.1 Å². The second-order valence-corrected chi connectivity index (χ2v) is 13.1. The van der Waals surface area contributed by atoms with Gasteiger partial charge in [-0.3, -0.25) is 19.3 Å². The molecule has 11 nitrogen and oxygen atoms in total. The minimum absolute atomic E-state index is 0.0445. The first-order chi connectivity index (χ1) is 18.8. The lowest BCUT2D eigenvalue weighted by Crippen LogP contribution is -2.65. The molecule has 41 heavy (non-hydrogen) atoms. The Morgan fingerprint density at radius 2 is 1.78 bits per heavy atom. The maximum Gasteiger partial charge on any atom is 0.255 e. The number of hydrogen-bond acceptors (Lipinski definition) is 10. The molecule has 1 fully saturated rings. The van der Waals surface area contributed by atoms with Crippen LogP contribution < -0.4 is 16.0 Å². The summed E-state index contributed by atoms with van der Waals surface area (Å²) in [6.45, 7) is 8.62. The Kier molecular flexibility index (Phi) is 7.56. The van der Waals surface area contributed by atoms with Gasteiger partial charge < -0.3 is 36.4 Å². The molecular formula is C30H42N4O7. The SMILES string of the molecule is CC(NCc1cc(N(C)C)c2c(c1O)C(O)=C1C(=O)[C@@]3(O)C(O)=C(C(N)=O)C(=O)[C@H](N(C)C)[C@H]3C[C@H]1C2)C(C)(C)C. The number of phenols is 1. The van der Waals surface area contributed by atoms with E-state index in [1.807, 2.05) is 32.0 Å². The Morgan fingerprint density at radius 1 is 1.17 bits per heavy atom. The largest absolute Gasteiger partial charge is 0.508 e. The van der Waals surface area contributed by atoms with Gasteiger partial charge in [0.1, 0.15) is 22.8 Å². The van der Waals surface area contributed by atoms with Crippen molar-refractivity contribution < 1.29 is 34.8 Å². The van der Waals surface area contributed by atoms with Crippen molar-refractivity contribution in [3.05, 3.63) is 39.7 Å². The van der Waals surface area contributed by atoms with Gasteiger partial charge in [-0.1, -0.05) is 20.8 Å². The molecule has 0 radical (unpaired) electrons. The quantitative estimate of drug-likeness (QED) is 0.275. The summed E-state index contributed by atoms with van der Waals surface area (Å²) < 4.78 is 0. The molecule has 7 N–H and O–H groups in total. The number of nitrogens with zero attached hydrogens (tertiary/aromatic N) is 2. The third-order valence-electron chi connectivity index (χ3n) is 9.16. The van der Waals surface area contributed by atoms with Gasteiger partial charge in [0.25, 0.3) is 5.91 Å². The van der Waals surface area contributed by atoms with Crippen LogP contribution in [-0.4, -0.2) is 88.7 Å². The number of primary amides is 1. The number of phenolic OH excluding ortho intramolecular Hbond substituents is 1. The summed E-state index contributed by atoms with van der Waals surface area (Å²) >= 11 is 0. The number of amides is 1. The van der Waals surface area contributed by atoms with Crippen molar-refractivity contribution in [1.29, 1.82) is 0 Å². The maximum absolute atomic E-state index is 14.1. The summed E-state index contributed by atoms with van der Waals surface area (Å²) in [7, 11) is 6.84. The zero-order valence-corrected chi connectivity index (χ0v) is 25.0. The van der Waals surface area contributed by atoms with E-state index in [2.05, 4.69) is 26.1 Å². The molecule has 1 amide bonds. The first-order valence-corrected chi connectivity index (χ1v) is 13.8. The number of aliphatic hydroxyl groups excluding tert-OH is 2. The standard InChI is InChI=1S/C30H42N4O7/c1-13(29(2,3)4)32-12-15-11-18(33(5)6)16-9-14-10-17-22(34(7)8)25(37)21(28(31)40)27(39)30(17,41)26(38)19(14)24(36)20(16)23(15)35/h11,13-14,17,22,32,35-36,39,41H,9-10,12H2,1-8H3,(H2,31,40)/t13?,14-,17-,22-,30-/m1/s1. The van der Waals surface area contributed by atoms with Gasteiger partial charge in [-0.2, -0.15) is 0 Å². The lowest BCUT2D eigenvalue weighted by Gasteiger charge is -2.50. The predicted octanol–water partition coefficient (Wildman–Crippen LogP) is 1.55. The normalized spacial score (nSPS) is 27.0. The van der Waals surface area contributed by atoms with E-state index in [1.54, 1.807) is 14.1 Å². The van der Waals surface area contributed by atoms with Crippen LogP contribution in [0.1, 0.15) is 50.8 Å². The molecule has 0 spiro atoms. The molecular weight excluding hydrogens is 528 g/mol. The van der Waals surface area contributed by atoms with Crippen LogP contribution in [0, 0.1) is 17.3 Å². The van der Waals surface area contributed by atoms with Crippen molar-refractivity contribution in [1.82, 2.24) is 10.2 Å². The average Bonchev–Trinajstić information content (AvgIpc) is 2.84. The van der Waals surface area contributed by atoms with Gasteiger partial charge in [0.2, 0.25) is 5.78 Å². The highest BCUT2D eigenvalue weighted by molar-refractivity contribution is 6.24. The van der Waals surface area contributed by atoms with Crippen LogP contribution in [0.15, 0.2) is 23.0 Å². The number of carbonyl (C=O) groups is 3. The zero-order valence-electron chi connectivity index (χ0n) is 25.0. The van der Waals surface area contributed by atoms with Crippen LogP contribution in [0.25, 0.3) is 5.76 Å². The zero-order chi connectivity index (χ0) is 30.9. The van der Waals surface area contributed by atoms with Crippen molar-refractivity contribution in [2.45, 2.75) is 64.8 Å². The minimum atomic E-state index is -2.66. The van der Waals surface area contributed by atoms with Gasteiger partial charge in [-0.05, 0) is 56.8 Å². The number of rotatable bonds is 6. The van der Waals surface area contributed by atoms with E-state index in [4.69, 9.17) is 5.73 Å². The predicted molar refractivity (Wildman–Crippen MR) is 154 cm³/mol. The van der Waals surface area contributed by atoms with Gasteiger partial charge in [0, 0.05) is 49.4 Å². The summed E-state index contributed by atoms with van der Waals surface area (Å²) in [5, 5.41) is 49.3. The fourth-order valence-electron chi connectivity index (χ4n) is 6.45. The Hall–Kier alpha value is -3.41. The van der Waals surface area contributed by atoms with Crippen LogP contribution >= 0.6 is 0 Å². The fraction of sp³-hybridized carbons (Fsp3) is 0.567. The van der Waals surface area contributed by atoms with Crippen LogP contribution in [0.4, 0.5) is 5.69 Å². The molecule has 0 bridgehead atoms. The Bertz CT molecular complexity index is 1390. The summed E-state index contributed by atoms with van der Waals surface area (Å²) in [5.74, 6) is -6.57. The van der Waals surface area contributed by atoms with Crippen LogP contribution in [-0.2, 0) is 27.3 Å². The van der Waals surface area contributed by atoms with E-state index >= 15 is 0 Å². The molecule has 1 aromatic rings. The van der Waals surface area contributed by atoms with Crippen molar-refractivity contribution in [2.24, 2.45) is 23.0 Å². The summed E-state index contributed by atoms with van der Waals surface area (Å²) in [5.41, 5.74) is 3.69. The number of Topliss-reactive ketones (excluding diaryl/α,β-unsaturated/α-hetero) is 2. The number of fused-ring (bicyclic) bond motifs is 3. The third-order valence-corrected chi connectivity index (χ3v) is 9.16. The molecule has 0 heterocycles. The van der Waals surface area contributed by atoms with Crippen molar-refractivity contribution >= 4 is 28.9 Å².